The minimum absolute atomic E-state index is 0.0440. The number of benzene rings is 1. The van der Waals surface area contributed by atoms with Crippen molar-refractivity contribution >= 4 is 0 Å². The molecule has 0 amide bonds. The molecule has 0 aliphatic carbocycles. The average Bonchev–Trinajstić information content (AvgIpc) is 2.35. The highest BCUT2D eigenvalue weighted by atomic mass is 16.8. The molecule has 1 aromatic carbocycles. The van der Waals surface area contributed by atoms with E-state index in [1.165, 1.54) is 0 Å². The summed E-state index contributed by atoms with van der Waals surface area (Å²) in [4.78, 5) is 0. The van der Waals surface area contributed by atoms with Gasteiger partial charge in [-0.3, -0.25) is 0 Å². The SMILES string of the molecule is CCOC(OC)Oc1c(C(C)(C)C)c[c]cc1C(C)(C)C. The van der Waals surface area contributed by atoms with Crippen LogP contribution >= 0.6 is 0 Å². The molecule has 0 aliphatic rings. The van der Waals surface area contributed by atoms with Crippen LogP contribution in [-0.4, -0.2) is 20.2 Å². The summed E-state index contributed by atoms with van der Waals surface area (Å²) in [6.45, 7) is 14.7. The molecule has 21 heavy (non-hydrogen) atoms. The molecule has 119 valence electrons. The van der Waals surface area contributed by atoms with E-state index in [0.717, 1.165) is 16.9 Å². The van der Waals surface area contributed by atoms with Crippen LogP contribution in [0.4, 0.5) is 0 Å². The van der Waals surface area contributed by atoms with E-state index in [2.05, 4.69) is 47.6 Å². The summed E-state index contributed by atoms with van der Waals surface area (Å²) < 4.78 is 16.8. The first-order chi connectivity index (χ1) is 9.61. The molecule has 0 N–H and O–H groups in total. The second-order valence-electron chi connectivity index (χ2n) is 7.21. The highest BCUT2D eigenvalue weighted by molar-refractivity contribution is 5.47. The molecule has 0 fully saturated rings. The maximum Gasteiger partial charge on any atom is 0.315 e. The van der Waals surface area contributed by atoms with Crippen molar-refractivity contribution in [3.63, 3.8) is 0 Å². The third kappa shape index (κ3) is 4.72. The van der Waals surface area contributed by atoms with Gasteiger partial charge in [0.05, 0.1) is 6.61 Å². The van der Waals surface area contributed by atoms with Gasteiger partial charge in [-0.15, -0.1) is 0 Å². The van der Waals surface area contributed by atoms with Crippen LogP contribution in [0.25, 0.3) is 0 Å². The molecule has 1 atom stereocenters. The van der Waals surface area contributed by atoms with Crippen LogP contribution in [0.15, 0.2) is 12.1 Å². The first-order valence-electron chi connectivity index (χ1n) is 7.47. The molecule has 3 nitrogen and oxygen atoms in total. The number of ether oxygens (including phenoxy) is 3. The Kier molecular flexibility index (Phi) is 5.83. The lowest BCUT2D eigenvalue weighted by atomic mass is 9.79. The van der Waals surface area contributed by atoms with Gasteiger partial charge in [0.2, 0.25) is 0 Å². The number of methoxy groups -OCH3 is 1. The summed E-state index contributed by atoms with van der Waals surface area (Å²) >= 11 is 0. The molecule has 0 heterocycles. The van der Waals surface area contributed by atoms with Crippen LogP contribution in [0.2, 0.25) is 0 Å². The van der Waals surface area contributed by atoms with Crippen molar-refractivity contribution in [3.05, 3.63) is 29.3 Å². The van der Waals surface area contributed by atoms with Crippen molar-refractivity contribution in [2.24, 2.45) is 0 Å². The molecule has 1 rings (SSSR count). The average molecular weight is 293 g/mol. The van der Waals surface area contributed by atoms with Gasteiger partial charge in [0.15, 0.2) is 0 Å². The van der Waals surface area contributed by atoms with Crippen molar-refractivity contribution in [1.29, 1.82) is 0 Å². The number of hydrogen-bond acceptors (Lipinski definition) is 3. The first kappa shape index (κ1) is 18.0. The zero-order chi connectivity index (χ0) is 16.3. The lowest BCUT2D eigenvalue weighted by Gasteiger charge is -2.31. The monoisotopic (exact) mass is 293 g/mol. The van der Waals surface area contributed by atoms with E-state index >= 15 is 0 Å². The lowest BCUT2D eigenvalue weighted by Crippen LogP contribution is -2.27. The summed E-state index contributed by atoms with van der Waals surface area (Å²) in [5.74, 6) is 0.842. The third-order valence-electron chi connectivity index (χ3n) is 3.27. The van der Waals surface area contributed by atoms with E-state index in [1.54, 1.807) is 7.11 Å². The Labute approximate surface area is 129 Å². The summed E-state index contributed by atoms with van der Waals surface area (Å²) in [5.41, 5.74) is 2.13. The van der Waals surface area contributed by atoms with Crippen LogP contribution in [0.5, 0.6) is 5.75 Å². The maximum atomic E-state index is 6.05. The van der Waals surface area contributed by atoms with Gasteiger partial charge in [0.1, 0.15) is 5.75 Å². The molecule has 0 aliphatic heterocycles. The van der Waals surface area contributed by atoms with Gasteiger partial charge < -0.3 is 14.2 Å². The smallest absolute Gasteiger partial charge is 0.315 e. The van der Waals surface area contributed by atoms with E-state index in [9.17, 15) is 0 Å². The fourth-order valence-electron chi connectivity index (χ4n) is 2.11. The zero-order valence-electron chi connectivity index (χ0n) is 14.7. The molecule has 0 bridgehead atoms. The van der Waals surface area contributed by atoms with Gasteiger partial charge in [-0.2, -0.15) is 0 Å². The van der Waals surface area contributed by atoms with Crippen LogP contribution in [0.3, 0.4) is 0 Å². The second kappa shape index (κ2) is 6.80. The predicted molar refractivity (Wildman–Crippen MR) is 85.7 cm³/mol. The Morgan fingerprint density at radius 3 is 1.81 bits per heavy atom. The molecule has 1 aromatic rings. The van der Waals surface area contributed by atoms with Gasteiger partial charge in [0.25, 0.3) is 0 Å². The fraction of sp³-hybridized carbons (Fsp3) is 0.667. The Balaban J connectivity index is 3.36. The molecule has 1 unspecified atom stereocenters. The Morgan fingerprint density at radius 1 is 1.00 bits per heavy atom. The van der Waals surface area contributed by atoms with E-state index in [1.807, 2.05) is 19.1 Å². The lowest BCUT2D eigenvalue weighted by molar-refractivity contribution is -0.231. The van der Waals surface area contributed by atoms with Crippen molar-refractivity contribution < 1.29 is 14.2 Å². The fourth-order valence-corrected chi connectivity index (χ4v) is 2.11. The Bertz CT molecular complexity index is 420. The van der Waals surface area contributed by atoms with Crippen molar-refractivity contribution in [2.75, 3.05) is 13.7 Å². The molecular weight excluding hydrogens is 264 g/mol. The normalized spacial score (nSPS) is 14.1. The third-order valence-corrected chi connectivity index (χ3v) is 3.27. The molecule has 0 aromatic heterocycles. The van der Waals surface area contributed by atoms with E-state index in [4.69, 9.17) is 14.2 Å². The Morgan fingerprint density at radius 2 is 1.48 bits per heavy atom. The highest BCUT2D eigenvalue weighted by Crippen LogP contribution is 2.39. The van der Waals surface area contributed by atoms with E-state index in [0.29, 0.717) is 6.61 Å². The van der Waals surface area contributed by atoms with Crippen molar-refractivity contribution in [1.82, 2.24) is 0 Å². The first-order valence-corrected chi connectivity index (χ1v) is 7.47. The highest BCUT2D eigenvalue weighted by Gasteiger charge is 2.28. The van der Waals surface area contributed by atoms with E-state index < -0.39 is 6.48 Å². The number of hydrogen-bond donors (Lipinski definition) is 0. The Hall–Kier alpha value is -1.06. The summed E-state index contributed by atoms with van der Waals surface area (Å²) in [5, 5.41) is 0. The minimum Gasteiger partial charge on any atom is -0.441 e. The molecule has 0 spiro atoms. The van der Waals surface area contributed by atoms with Gasteiger partial charge in [-0.05, 0) is 36.0 Å². The van der Waals surface area contributed by atoms with Gasteiger partial charge in [-0.25, -0.2) is 0 Å². The van der Waals surface area contributed by atoms with Gasteiger partial charge >= 0.3 is 6.48 Å². The molecular formula is C18H29O3. The van der Waals surface area contributed by atoms with Gasteiger partial charge in [0, 0.05) is 18.2 Å². The van der Waals surface area contributed by atoms with Crippen LogP contribution < -0.4 is 4.74 Å². The minimum atomic E-state index is -0.695. The van der Waals surface area contributed by atoms with Crippen molar-refractivity contribution in [3.8, 4) is 5.75 Å². The predicted octanol–water partition coefficient (Wildman–Crippen LogP) is 4.43. The van der Waals surface area contributed by atoms with Crippen LogP contribution in [0.1, 0.15) is 59.6 Å². The zero-order valence-corrected chi connectivity index (χ0v) is 14.7. The molecule has 0 saturated carbocycles. The summed E-state index contributed by atoms with van der Waals surface area (Å²) in [6, 6.07) is 7.22. The topological polar surface area (TPSA) is 27.7 Å². The standard InChI is InChI=1S/C18H29O3/c1-9-20-16(19-8)21-15-13(17(2,3)4)11-10-12-14(15)18(5,6)7/h11-12,16H,9H2,1-8H3. The van der Waals surface area contributed by atoms with Gasteiger partial charge in [-0.1, -0.05) is 41.5 Å². The number of rotatable bonds is 5. The molecule has 1 radical (unpaired) electrons. The molecule has 0 saturated heterocycles. The van der Waals surface area contributed by atoms with Crippen LogP contribution in [0, 0.1) is 6.07 Å². The second-order valence-corrected chi connectivity index (χ2v) is 7.21. The summed E-state index contributed by atoms with van der Waals surface area (Å²) in [6.07, 6.45) is 0. The van der Waals surface area contributed by atoms with Crippen LogP contribution in [-0.2, 0) is 20.3 Å². The van der Waals surface area contributed by atoms with E-state index in [-0.39, 0.29) is 10.8 Å². The maximum absolute atomic E-state index is 6.05. The molecule has 3 heteroatoms. The quantitative estimate of drug-likeness (QED) is 0.752. The summed E-state index contributed by atoms with van der Waals surface area (Å²) in [7, 11) is 1.59. The largest absolute Gasteiger partial charge is 0.441 e. The van der Waals surface area contributed by atoms with Crippen molar-refractivity contribution in [2.45, 2.75) is 65.8 Å².